The maximum absolute atomic E-state index is 14.8. The maximum Gasteiger partial charge on any atom is 0.255 e. The van der Waals surface area contributed by atoms with Crippen LogP contribution in [0.1, 0.15) is 45.5 Å². The summed E-state index contributed by atoms with van der Waals surface area (Å²) >= 11 is 5.30. The van der Waals surface area contributed by atoms with E-state index >= 15 is 0 Å². The molecule has 4 aromatic rings. The number of halogens is 1. The molecule has 0 saturated carbocycles. The Bertz CT molecular complexity index is 1590. The van der Waals surface area contributed by atoms with E-state index in [1.165, 1.54) is 0 Å². The van der Waals surface area contributed by atoms with Gasteiger partial charge in [-0.25, -0.2) is 9.98 Å². The van der Waals surface area contributed by atoms with Crippen molar-refractivity contribution >= 4 is 39.1 Å². The molecular formula is C32H30BrN3O4S. The SMILES string of the molecule is Cc1nc(CN2Cc3ccccc3C[C@@]3(N=C(c4ccc(OCCCO)cc4)O[C@H]3c3ccccc3Br)C2=O)cs1. The highest BCUT2D eigenvalue weighted by Gasteiger charge is 2.56. The first-order chi connectivity index (χ1) is 20.0. The Morgan fingerprint density at radius 3 is 2.59 bits per heavy atom. The fraction of sp³-hybridized carbons (Fsp3) is 0.281. The molecule has 1 spiro atoms. The van der Waals surface area contributed by atoms with Crippen molar-refractivity contribution < 1.29 is 19.4 Å². The van der Waals surface area contributed by atoms with Gasteiger partial charge in [0.2, 0.25) is 5.90 Å². The van der Waals surface area contributed by atoms with Gasteiger partial charge in [0, 0.05) is 47.0 Å². The van der Waals surface area contributed by atoms with Crippen LogP contribution in [0.5, 0.6) is 5.75 Å². The topological polar surface area (TPSA) is 84.2 Å². The highest BCUT2D eigenvalue weighted by molar-refractivity contribution is 9.10. The highest BCUT2D eigenvalue weighted by atomic mass is 79.9. The third-order valence-corrected chi connectivity index (χ3v) is 8.99. The molecule has 1 N–H and O–H groups in total. The average Bonchev–Trinajstić information content (AvgIpc) is 3.54. The van der Waals surface area contributed by atoms with E-state index in [1.54, 1.807) is 11.3 Å². The molecule has 2 aliphatic heterocycles. The van der Waals surface area contributed by atoms with E-state index in [1.807, 2.05) is 77.9 Å². The molecule has 0 unspecified atom stereocenters. The Kier molecular flexibility index (Phi) is 7.92. The third-order valence-electron chi connectivity index (χ3n) is 7.44. The average molecular weight is 633 g/mol. The van der Waals surface area contributed by atoms with Crippen LogP contribution in [0.4, 0.5) is 0 Å². The van der Waals surface area contributed by atoms with Crippen LogP contribution >= 0.6 is 27.3 Å². The largest absolute Gasteiger partial charge is 0.494 e. The van der Waals surface area contributed by atoms with Gasteiger partial charge in [-0.1, -0.05) is 58.4 Å². The first-order valence-corrected chi connectivity index (χ1v) is 15.3. The van der Waals surface area contributed by atoms with Crippen molar-refractivity contribution in [2.45, 2.75) is 44.5 Å². The molecule has 0 aliphatic carbocycles. The van der Waals surface area contributed by atoms with E-state index in [9.17, 15) is 4.79 Å². The number of fused-ring (bicyclic) bond motifs is 1. The molecule has 210 valence electrons. The van der Waals surface area contributed by atoms with Gasteiger partial charge in [0.1, 0.15) is 5.75 Å². The predicted molar refractivity (Wildman–Crippen MR) is 162 cm³/mol. The fourth-order valence-corrected chi connectivity index (χ4v) is 6.56. The minimum atomic E-state index is -1.22. The summed E-state index contributed by atoms with van der Waals surface area (Å²) in [7, 11) is 0. The summed E-state index contributed by atoms with van der Waals surface area (Å²) in [5, 5.41) is 12.0. The van der Waals surface area contributed by atoms with Gasteiger partial charge in [0.05, 0.1) is 23.9 Å². The van der Waals surface area contributed by atoms with Crippen molar-refractivity contribution in [3.8, 4) is 5.75 Å². The zero-order chi connectivity index (χ0) is 28.4. The van der Waals surface area contributed by atoms with E-state index in [4.69, 9.17) is 19.6 Å². The summed E-state index contributed by atoms with van der Waals surface area (Å²) in [6.07, 6.45) is 0.327. The summed E-state index contributed by atoms with van der Waals surface area (Å²) in [5.74, 6) is 1.03. The molecule has 0 bridgehead atoms. The molecule has 41 heavy (non-hydrogen) atoms. The second-order valence-corrected chi connectivity index (χ2v) is 12.2. The van der Waals surface area contributed by atoms with E-state index in [0.717, 1.165) is 37.4 Å². The molecular weight excluding hydrogens is 602 g/mol. The Labute approximate surface area is 251 Å². The Morgan fingerprint density at radius 1 is 1.10 bits per heavy atom. The molecule has 2 aliphatic rings. The van der Waals surface area contributed by atoms with Gasteiger partial charge in [0.15, 0.2) is 11.6 Å². The molecule has 2 atom stereocenters. The number of thiazole rings is 1. The first-order valence-electron chi connectivity index (χ1n) is 13.6. The minimum absolute atomic E-state index is 0.0809. The van der Waals surface area contributed by atoms with Crippen LogP contribution in [-0.4, -0.2) is 45.5 Å². The van der Waals surface area contributed by atoms with E-state index in [2.05, 4.69) is 33.0 Å². The molecule has 0 radical (unpaired) electrons. The second-order valence-electron chi connectivity index (χ2n) is 10.3. The zero-order valence-corrected chi connectivity index (χ0v) is 25.0. The van der Waals surface area contributed by atoms with E-state index in [0.29, 0.717) is 44.2 Å². The second kappa shape index (κ2) is 11.8. The number of carbonyl (C=O) groups excluding carboxylic acids is 1. The maximum atomic E-state index is 14.8. The fourth-order valence-electron chi connectivity index (χ4n) is 5.46. The number of aliphatic hydroxyl groups is 1. The normalized spacial score (nSPS) is 20.0. The zero-order valence-electron chi connectivity index (χ0n) is 22.6. The number of aryl methyl sites for hydroxylation is 1. The summed E-state index contributed by atoms with van der Waals surface area (Å²) in [4.78, 5) is 26.5. The lowest BCUT2D eigenvalue weighted by Gasteiger charge is -2.33. The lowest BCUT2D eigenvalue weighted by atomic mass is 9.82. The first kappa shape index (κ1) is 27.6. The lowest BCUT2D eigenvalue weighted by Crippen LogP contribution is -2.49. The van der Waals surface area contributed by atoms with Crippen LogP contribution in [0.25, 0.3) is 0 Å². The van der Waals surface area contributed by atoms with Gasteiger partial charge in [-0.05, 0) is 48.4 Å². The molecule has 0 saturated heterocycles. The summed E-state index contributed by atoms with van der Waals surface area (Å²) in [6.45, 7) is 3.36. The number of amides is 1. The number of rotatable bonds is 8. The number of hydrogen-bond acceptors (Lipinski definition) is 7. The van der Waals surface area contributed by atoms with Crippen LogP contribution in [-0.2, 0) is 29.0 Å². The Balaban J connectivity index is 1.45. The van der Waals surface area contributed by atoms with Gasteiger partial charge >= 0.3 is 0 Å². The molecule has 3 aromatic carbocycles. The molecule has 1 amide bonds. The Morgan fingerprint density at radius 2 is 1.85 bits per heavy atom. The highest BCUT2D eigenvalue weighted by Crippen LogP contribution is 2.47. The summed E-state index contributed by atoms with van der Waals surface area (Å²) in [6, 6.07) is 23.6. The van der Waals surface area contributed by atoms with E-state index < -0.39 is 11.6 Å². The van der Waals surface area contributed by atoms with Crippen molar-refractivity contribution in [1.82, 2.24) is 9.88 Å². The van der Waals surface area contributed by atoms with Crippen LogP contribution in [0.2, 0.25) is 0 Å². The Hall–Kier alpha value is -3.53. The van der Waals surface area contributed by atoms with Crippen molar-refractivity contribution in [2.24, 2.45) is 4.99 Å². The monoisotopic (exact) mass is 631 g/mol. The van der Waals surface area contributed by atoms with Crippen molar-refractivity contribution in [2.75, 3.05) is 13.2 Å². The number of aliphatic imine (C=N–C) groups is 1. The smallest absolute Gasteiger partial charge is 0.255 e. The lowest BCUT2D eigenvalue weighted by molar-refractivity contribution is -0.140. The van der Waals surface area contributed by atoms with Crippen LogP contribution < -0.4 is 4.74 Å². The van der Waals surface area contributed by atoms with Gasteiger partial charge in [0.25, 0.3) is 5.91 Å². The van der Waals surface area contributed by atoms with Gasteiger partial charge in [-0.2, -0.15) is 0 Å². The number of carbonyl (C=O) groups is 1. The molecule has 1 aromatic heterocycles. The molecule has 6 rings (SSSR count). The van der Waals surface area contributed by atoms with Crippen molar-refractivity contribution in [1.29, 1.82) is 0 Å². The van der Waals surface area contributed by atoms with Gasteiger partial charge in [-0.3, -0.25) is 4.79 Å². The van der Waals surface area contributed by atoms with Crippen LogP contribution in [0.15, 0.2) is 87.6 Å². The minimum Gasteiger partial charge on any atom is -0.494 e. The van der Waals surface area contributed by atoms with Gasteiger partial charge in [-0.15, -0.1) is 11.3 Å². The third kappa shape index (κ3) is 5.54. The number of ether oxygens (including phenoxy) is 2. The van der Waals surface area contributed by atoms with Crippen molar-refractivity contribution in [3.05, 3.63) is 116 Å². The molecule has 3 heterocycles. The van der Waals surface area contributed by atoms with Crippen LogP contribution in [0, 0.1) is 6.92 Å². The molecule has 7 nitrogen and oxygen atoms in total. The number of nitrogens with zero attached hydrogens (tertiary/aromatic N) is 3. The van der Waals surface area contributed by atoms with Crippen molar-refractivity contribution in [3.63, 3.8) is 0 Å². The summed E-state index contributed by atoms with van der Waals surface area (Å²) in [5.41, 5.74) is 3.47. The number of hydrogen-bond donors (Lipinski definition) is 1. The summed E-state index contributed by atoms with van der Waals surface area (Å²) < 4.78 is 13.2. The standard InChI is InChI=1S/C32H30BrN3O4S/c1-21-34-25(20-41-21)19-36-18-24-8-3-2-7-23(24)17-32(31(36)38)29(27-9-4-5-10-28(27)33)40-30(35-32)22-11-13-26(14-12-22)39-16-6-15-37/h2-5,7-14,20,29,37H,6,15-19H2,1H3/t29-,32-/m0/s1. The predicted octanol–water partition coefficient (Wildman–Crippen LogP) is 6.02. The number of aliphatic hydroxyl groups excluding tert-OH is 1. The van der Waals surface area contributed by atoms with Gasteiger partial charge < -0.3 is 19.5 Å². The quantitative estimate of drug-likeness (QED) is 0.241. The molecule has 0 fully saturated rings. The van der Waals surface area contributed by atoms with E-state index in [-0.39, 0.29) is 12.5 Å². The van der Waals surface area contributed by atoms with Crippen LogP contribution in [0.3, 0.4) is 0 Å². The number of aromatic nitrogens is 1. The number of benzene rings is 3. The molecule has 9 heteroatoms.